The maximum atomic E-state index is 12.4. The molecule has 1 N–H and O–H groups in total. The summed E-state index contributed by atoms with van der Waals surface area (Å²) in [6.07, 6.45) is 5.18. The van der Waals surface area contributed by atoms with Crippen molar-refractivity contribution in [2.75, 3.05) is 24.5 Å². The van der Waals surface area contributed by atoms with E-state index in [4.69, 9.17) is 11.6 Å². The Morgan fingerprint density at radius 1 is 1.19 bits per heavy atom. The number of anilines is 1. The van der Waals surface area contributed by atoms with E-state index in [0.717, 1.165) is 43.1 Å². The molecule has 1 saturated heterocycles. The van der Waals surface area contributed by atoms with Crippen molar-refractivity contribution in [2.45, 2.75) is 39.0 Å². The zero-order chi connectivity index (χ0) is 18.8. The van der Waals surface area contributed by atoms with E-state index in [1.807, 2.05) is 12.1 Å². The zero-order valence-electron chi connectivity index (χ0n) is 15.9. The van der Waals surface area contributed by atoms with Crippen LogP contribution in [0.2, 0.25) is 5.02 Å². The first-order valence-electron chi connectivity index (χ1n) is 9.97. The van der Waals surface area contributed by atoms with E-state index >= 15 is 0 Å². The van der Waals surface area contributed by atoms with Crippen molar-refractivity contribution in [1.29, 1.82) is 0 Å². The van der Waals surface area contributed by atoms with Crippen molar-refractivity contribution < 1.29 is 4.79 Å². The minimum atomic E-state index is 0.130. The molecule has 0 aromatic heterocycles. The molecule has 1 aliphatic heterocycles. The Morgan fingerprint density at radius 2 is 2.04 bits per heavy atom. The van der Waals surface area contributed by atoms with Gasteiger partial charge in [-0.05, 0) is 72.9 Å². The van der Waals surface area contributed by atoms with Crippen molar-refractivity contribution in [3.8, 4) is 0 Å². The van der Waals surface area contributed by atoms with Crippen LogP contribution in [-0.2, 0) is 24.1 Å². The fraction of sp³-hybridized carbons (Fsp3) is 0.435. The molecule has 2 aromatic rings. The SMILES string of the molecule is Cc1ccc(Cl)cc1N1CCC(CNC(=O)Cc2ccc3c(c2)CCC3)C1. The summed E-state index contributed by atoms with van der Waals surface area (Å²) in [5, 5.41) is 3.93. The van der Waals surface area contributed by atoms with Crippen molar-refractivity contribution in [2.24, 2.45) is 5.92 Å². The molecule has 1 atom stereocenters. The van der Waals surface area contributed by atoms with Crippen molar-refractivity contribution in [1.82, 2.24) is 5.32 Å². The number of carbonyl (C=O) groups excluding carboxylic acids is 1. The zero-order valence-corrected chi connectivity index (χ0v) is 16.7. The molecule has 4 heteroatoms. The number of carbonyl (C=O) groups is 1. The average molecular weight is 383 g/mol. The molecule has 142 valence electrons. The summed E-state index contributed by atoms with van der Waals surface area (Å²) in [5.74, 6) is 0.623. The number of rotatable bonds is 5. The van der Waals surface area contributed by atoms with Gasteiger partial charge >= 0.3 is 0 Å². The number of fused-ring (bicyclic) bond motifs is 1. The van der Waals surface area contributed by atoms with Crippen LogP contribution in [0.4, 0.5) is 5.69 Å². The van der Waals surface area contributed by atoms with Crippen LogP contribution in [0.25, 0.3) is 0 Å². The van der Waals surface area contributed by atoms with Gasteiger partial charge in [-0.25, -0.2) is 0 Å². The van der Waals surface area contributed by atoms with E-state index in [-0.39, 0.29) is 5.91 Å². The lowest BCUT2D eigenvalue weighted by Gasteiger charge is -2.21. The second-order valence-corrected chi connectivity index (χ2v) is 8.41. The Balaban J connectivity index is 1.28. The van der Waals surface area contributed by atoms with Gasteiger partial charge in [0.05, 0.1) is 6.42 Å². The van der Waals surface area contributed by atoms with Crippen LogP contribution in [0.1, 0.15) is 35.1 Å². The van der Waals surface area contributed by atoms with Crippen LogP contribution < -0.4 is 10.2 Å². The van der Waals surface area contributed by atoms with E-state index in [0.29, 0.717) is 12.3 Å². The van der Waals surface area contributed by atoms with Crippen LogP contribution in [0.3, 0.4) is 0 Å². The molecular formula is C23H27ClN2O. The van der Waals surface area contributed by atoms with Crippen LogP contribution in [0.5, 0.6) is 0 Å². The molecule has 27 heavy (non-hydrogen) atoms. The third-order valence-corrected chi connectivity index (χ3v) is 6.15. The van der Waals surface area contributed by atoms with Crippen molar-refractivity contribution in [3.05, 3.63) is 63.7 Å². The molecule has 3 nitrogen and oxygen atoms in total. The third kappa shape index (κ3) is 4.30. The first-order chi connectivity index (χ1) is 13.1. The van der Waals surface area contributed by atoms with Gasteiger partial charge < -0.3 is 10.2 Å². The molecular weight excluding hydrogens is 356 g/mol. The van der Waals surface area contributed by atoms with Gasteiger partial charge in [0.2, 0.25) is 5.91 Å². The highest BCUT2D eigenvalue weighted by molar-refractivity contribution is 6.30. The first kappa shape index (κ1) is 18.4. The molecule has 1 aliphatic carbocycles. The van der Waals surface area contributed by atoms with Gasteiger partial charge in [-0.1, -0.05) is 35.9 Å². The number of benzene rings is 2. The minimum Gasteiger partial charge on any atom is -0.371 e. The van der Waals surface area contributed by atoms with E-state index in [2.05, 4.69) is 41.4 Å². The van der Waals surface area contributed by atoms with Gasteiger partial charge in [-0.3, -0.25) is 4.79 Å². The van der Waals surface area contributed by atoms with Crippen LogP contribution in [-0.4, -0.2) is 25.5 Å². The number of hydrogen-bond acceptors (Lipinski definition) is 2. The fourth-order valence-corrected chi connectivity index (χ4v) is 4.55. The molecule has 1 fully saturated rings. The lowest BCUT2D eigenvalue weighted by molar-refractivity contribution is -0.120. The van der Waals surface area contributed by atoms with Crippen LogP contribution >= 0.6 is 11.6 Å². The van der Waals surface area contributed by atoms with Gasteiger partial charge in [0.15, 0.2) is 0 Å². The number of hydrogen-bond donors (Lipinski definition) is 1. The predicted octanol–water partition coefficient (Wildman–Crippen LogP) is 4.32. The summed E-state index contributed by atoms with van der Waals surface area (Å²) >= 11 is 6.16. The Hall–Kier alpha value is -2.00. The second-order valence-electron chi connectivity index (χ2n) is 7.97. The smallest absolute Gasteiger partial charge is 0.224 e. The van der Waals surface area contributed by atoms with Gasteiger partial charge in [0, 0.05) is 30.3 Å². The largest absolute Gasteiger partial charge is 0.371 e. The number of aryl methyl sites for hydroxylation is 3. The van der Waals surface area contributed by atoms with Gasteiger partial charge in [0.25, 0.3) is 0 Å². The van der Waals surface area contributed by atoms with Crippen LogP contribution in [0, 0.1) is 12.8 Å². The van der Waals surface area contributed by atoms with Crippen LogP contribution in [0.15, 0.2) is 36.4 Å². The number of nitrogens with zero attached hydrogens (tertiary/aromatic N) is 1. The molecule has 0 bridgehead atoms. The lowest BCUT2D eigenvalue weighted by Crippen LogP contribution is -2.32. The van der Waals surface area contributed by atoms with Crippen molar-refractivity contribution in [3.63, 3.8) is 0 Å². The number of halogens is 1. The highest BCUT2D eigenvalue weighted by Gasteiger charge is 2.24. The summed E-state index contributed by atoms with van der Waals surface area (Å²) in [6.45, 7) is 4.87. The highest BCUT2D eigenvalue weighted by atomic mass is 35.5. The summed E-state index contributed by atoms with van der Waals surface area (Å²) in [7, 11) is 0. The number of amides is 1. The Bertz CT molecular complexity index is 848. The minimum absolute atomic E-state index is 0.130. The molecule has 1 amide bonds. The van der Waals surface area contributed by atoms with Crippen molar-refractivity contribution >= 4 is 23.2 Å². The molecule has 4 rings (SSSR count). The van der Waals surface area contributed by atoms with Gasteiger partial charge in [0.1, 0.15) is 0 Å². The molecule has 0 saturated carbocycles. The monoisotopic (exact) mass is 382 g/mol. The maximum Gasteiger partial charge on any atom is 0.224 e. The molecule has 0 spiro atoms. The molecule has 1 heterocycles. The summed E-state index contributed by atoms with van der Waals surface area (Å²) in [5.41, 5.74) is 6.50. The van der Waals surface area contributed by atoms with E-state index in [9.17, 15) is 4.79 Å². The van der Waals surface area contributed by atoms with E-state index in [1.54, 1.807) is 0 Å². The second kappa shape index (κ2) is 7.93. The normalized spacial score (nSPS) is 18.6. The predicted molar refractivity (Wildman–Crippen MR) is 112 cm³/mol. The Kier molecular flexibility index (Phi) is 5.40. The standard InChI is InChI=1S/C23H27ClN2O/c1-16-5-8-21(24)13-22(16)26-10-9-18(15-26)14-25-23(27)12-17-6-7-19-3-2-4-20(19)11-17/h5-8,11,13,18H,2-4,9-10,12,14-15H2,1H3,(H,25,27). The van der Waals surface area contributed by atoms with Gasteiger partial charge in [-0.15, -0.1) is 0 Å². The van der Waals surface area contributed by atoms with E-state index < -0.39 is 0 Å². The van der Waals surface area contributed by atoms with Gasteiger partial charge in [-0.2, -0.15) is 0 Å². The third-order valence-electron chi connectivity index (χ3n) is 5.91. The molecule has 0 radical (unpaired) electrons. The fourth-order valence-electron chi connectivity index (χ4n) is 4.38. The maximum absolute atomic E-state index is 12.4. The van der Waals surface area contributed by atoms with E-state index in [1.165, 1.54) is 35.2 Å². The summed E-state index contributed by atoms with van der Waals surface area (Å²) in [4.78, 5) is 14.8. The number of nitrogens with one attached hydrogen (secondary N) is 1. The Morgan fingerprint density at radius 3 is 2.93 bits per heavy atom. The Labute approximate surface area is 166 Å². The topological polar surface area (TPSA) is 32.3 Å². The highest BCUT2D eigenvalue weighted by Crippen LogP contribution is 2.29. The lowest BCUT2D eigenvalue weighted by atomic mass is 10.0. The first-order valence-corrected chi connectivity index (χ1v) is 10.3. The molecule has 1 unspecified atom stereocenters. The molecule has 2 aliphatic rings. The summed E-state index contributed by atoms with van der Waals surface area (Å²) in [6, 6.07) is 12.6. The average Bonchev–Trinajstić information content (AvgIpc) is 3.31. The quantitative estimate of drug-likeness (QED) is 0.835. The summed E-state index contributed by atoms with van der Waals surface area (Å²) < 4.78 is 0. The molecule has 2 aromatic carbocycles.